The number of carbonyl (C=O) groups is 1. The van der Waals surface area contributed by atoms with Gasteiger partial charge >= 0.3 is 6.03 Å². The molecule has 0 aliphatic carbocycles. The van der Waals surface area contributed by atoms with Crippen molar-refractivity contribution in [3.05, 3.63) is 54.6 Å². The molecule has 0 saturated carbocycles. The minimum atomic E-state index is -0.0218. The van der Waals surface area contributed by atoms with E-state index in [-0.39, 0.29) is 12.1 Å². The van der Waals surface area contributed by atoms with Crippen molar-refractivity contribution in [3.8, 4) is 0 Å². The number of aromatic nitrogens is 2. The molecule has 1 atom stereocenters. The normalized spacial score (nSPS) is 17.9. The van der Waals surface area contributed by atoms with Gasteiger partial charge in [-0.15, -0.1) is 0 Å². The van der Waals surface area contributed by atoms with Gasteiger partial charge in [-0.25, -0.2) is 9.78 Å². The van der Waals surface area contributed by atoms with Gasteiger partial charge in [0, 0.05) is 45.0 Å². The van der Waals surface area contributed by atoms with E-state index in [0.29, 0.717) is 26.2 Å². The second kappa shape index (κ2) is 7.78. The Labute approximate surface area is 136 Å². The lowest BCUT2D eigenvalue weighted by atomic mass is 10.1. The topological polar surface area (TPSA) is 59.4 Å². The van der Waals surface area contributed by atoms with Gasteiger partial charge in [0.25, 0.3) is 0 Å². The first-order chi connectivity index (χ1) is 11.3. The molecule has 1 aromatic carbocycles. The third-order valence-electron chi connectivity index (χ3n) is 3.94. The molecule has 3 rings (SSSR count). The molecule has 6 nitrogen and oxygen atoms in total. The number of ether oxygens (including phenoxy) is 1. The molecular formula is C17H22N4O2. The Balaban J connectivity index is 1.44. The van der Waals surface area contributed by atoms with Crippen molar-refractivity contribution in [2.75, 3.05) is 26.2 Å². The van der Waals surface area contributed by atoms with Gasteiger partial charge in [0.2, 0.25) is 0 Å². The molecule has 1 aliphatic heterocycles. The Morgan fingerprint density at radius 1 is 1.35 bits per heavy atom. The minimum Gasteiger partial charge on any atom is -0.374 e. The average molecular weight is 314 g/mol. The van der Waals surface area contributed by atoms with Crippen LogP contribution in [0.3, 0.4) is 0 Å². The predicted molar refractivity (Wildman–Crippen MR) is 87.1 cm³/mol. The van der Waals surface area contributed by atoms with E-state index in [1.807, 2.05) is 33.9 Å². The van der Waals surface area contributed by atoms with Gasteiger partial charge in [0.1, 0.15) is 0 Å². The first-order valence-electron chi connectivity index (χ1n) is 7.95. The summed E-state index contributed by atoms with van der Waals surface area (Å²) in [4.78, 5) is 18.1. The van der Waals surface area contributed by atoms with Crippen LogP contribution < -0.4 is 5.32 Å². The van der Waals surface area contributed by atoms with Crippen molar-refractivity contribution in [1.82, 2.24) is 19.8 Å². The largest absolute Gasteiger partial charge is 0.374 e. The van der Waals surface area contributed by atoms with E-state index < -0.39 is 0 Å². The van der Waals surface area contributed by atoms with Crippen LogP contribution in [-0.4, -0.2) is 52.8 Å². The van der Waals surface area contributed by atoms with Crippen LogP contribution in [0.5, 0.6) is 0 Å². The van der Waals surface area contributed by atoms with Crippen LogP contribution in [0.15, 0.2) is 49.1 Å². The summed E-state index contributed by atoms with van der Waals surface area (Å²) in [5.41, 5.74) is 1.24. The molecule has 2 amide bonds. The first-order valence-corrected chi connectivity index (χ1v) is 7.95. The van der Waals surface area contributed by atoms with Crippen LogP contribution in [-0.2, 0) is 17.7 Å². The molecular weight excluding hydrogens is 292 g/mol. The van der Waals surface area contributed by atoms with Gasteiger partial charge in [-0.3, -0.25) is 0 Å². The van der Waals surface area contributed by atoms with Crippen LogP contribution in [0, 0.1) is 0 Å². The first kappa shape index (κ1) is 15.6. The standard InChI is InChI=1S/C17H22N4O2/c22-17(19-7-9-20-8-6-18-14-20)21-10-11-23-16(13-21)12-15-4-2-1-3-5-15/h1-6,8,14,16H,7,9-13H2,(H,19,22)/t16-/m0/s1. The molecule has 122 valence electrons. The second-order valence-corrected chi connectivity index (χ2v) is 5.66. The molecule has 1 saturated heterocycles. The molecule has 0 radical (unpaired) electrons. The fraction of sp³-hybridized carbons (Fsp3) is 0.412. The van der Waals surface area contributed by atoms with Crippen molar-refractivity contribution >= 4 is 6.03 Å². The fourth-order valence-electron chi connectivity index (χ4n) is 2.73. The zero-order valence-corrected chi connectivity index (χ0v) is 13.1. The lowest BCUT2D eigenvalue weighted by Crippen LogP contribution is -2.50. The number of hydrogen-bond acceptors (Lipinski definition) is 3. The Morgan fingerprint density at radius 3 is 3.00 bits per heavy atom. The van der Waals surface area contributed by atoms with E-state index >= 15 is 0 Å². The van der Waals surface area contributed by atoms with Crippen molar-refractivity contribution in [2.24, 2.45) is 0 Å². The van der Waals surface area contributed by atoms with Crippen LogP contribution in [0.2, 0.25) is 0 Å². The fourth-order valence-corrected chi connectivity index (χ4v) is 2.73. The number of urea groups is 1. The maximum Gasteiger partial charge on any atom is 0.317 e. The molecule has 23 heavy (non-hydrogen) atoms. The highest BCUT2D eigenvalue weighted by molar-refractivity contribution is 5.74. The van der Waals surface area contributed by atoms with E-state index in [1.165, 1.54) is 5.56 Å². The number of imidazole rings is 1. The van der Waals surface area contributed by atoms with Gasteiger partial charge in [-0.2, -0.15) is 0 Å². The lowest BCUT2D eigenvalue weighted by molar-refractivity contribution is -0.0132. The summed E-state index contributed by atoms with van der Waals surface area (Å²) in [5.74, 6) is 0. The average Bonchev–Trinajstić information content (AvgIpc) is 3.09. The van der Waals surface area contributed by atoms with Gasteiger partial charge in [-0.05, 0) is 5.56 Å². The smallest absolute Gasteiger partial charge is 0.317 e. The second-order valence-electron chi connectivity index (χ2n) is 5.66. The highest BCUT2D eigenvalue weighted by atomic mass is 16.5. The molecule has 0 unspecified atom stereocenters. The molecule has 0 bridgehead atoms. The number of morpholine rings is 1. The summed E-state index contributed by atoms with van der Waals surface area (Å²) < 4.78 is 7.73. The number of nitrogens with zero attached hydrogens (tertiary/aromatic N) is 3. The van der Waals surface area contributed by atoms with Crippen LogP contribution in [0.25, 0.3) is 0 Å². The third kappa shape index (κ3) is 4.56. The summed E-state index contributed by atoms with van der Waals surface area (Å²) in [6, 6.07) is 10.2. The SMILES string of the molecule is O=C(NCCn1ccnc1)N1CCO[C@@H](Cc2ccccc2)C1. The Morgan fingerprint density at radius 2 is 2.22 bits per heavy atom. The molecule has 1 aromatic heterocycles. The quantitative estimate of drug-likeness (QED) is 0.910. The summed E-state index contributed by atoms with van der Waals surface area (Å²) in [6.45, 7) is 3.18. The predicted octanol–water partition coefficient (Wildman–Crippen LogP) is 1.54. The lowest BCUT2D eigenvalue weighted by Gasteiger charge is -2.33. The molecule has 6 heteroatoms. The van der Waals surface area contributed by atoms with Gasteiger partial charge in [0.05, 0.1) is 19.0 Å². The number of hydrogen-bond donors (Lipinski definition) is 1. The van der Waals surface area contributed by atoms with Crippen molar-refractivity contribution in [3.63, 3.8) is 0 Å². The molecule has 1 aliphatic rings. The maximum absolute atomic E-state index is 12.3. The van der Waals surface area contributed by atoms with Gasteiger partial charge in [-0.1, -0.05) is 30.3 Å². The number of carbonyl (C=O) groups excluding carboxylic acids is 1. The Bertz CT molecular complexity index is 600. The van der Waals surface area contributed by atoms with E-state index in [9.17, 15) is 4.79 Å². The molecule has 2 heterocycles. The van der Waals surface area contributed by atoms with Gasteiger partial charge < -0.3 is 19.5 Å². The number of nitrogens with one attached hydrogen (secondary N) is 1. The Kier molecular flexibility index (Phi) is 5.26. The summed E-state index contributed by atoms with van der Waals surface area (Å²) >= 11 is 0. The van der Waals surface area contributed by atoms with E-state index in [0.717, 1.165) is 13.0 Å². The maximum atomic E-state index is 12.3. The van der Waals surface area contributed by atoms with Crippen LogP contribution >= 0.6 is 0 Å². The molecule has 1 N–H and O–H groups in total. The van der Waals surface area contributed by atoms with E-state index in [1.54, 1.807) is 12.5 Å². The highest BCUT2D eigenvalue weighted by Crippen LogP contribution is 2.11. The zero-order chi connectivity index (χ0) is 15.9. The van der Waals surface area contributed by atoms with Crippen LogP contribution in [0.1, 0.15) is 5.56 Å². The van der Waals surface area contributed by atoms with Gasteiger partial charge in [0.15, 0.2) is 0 Å². The molecule has 2 aromatic rings. The van der Waals surface area contributed by atoms with Crippen molar-refractivity contribution in [1.29, 1.82) is 0 Å². The monoisotopic (exact) mass is 314 g/mol. The minimum absolute atomic E-state index is 0.0218. The summed E-state index contributed by atoms with van der Waals surface area (Å²) in [6.07, 6.45) is 6.26. The number of benzene rings is 1. The number of rotatable bonds is 5. The highest BCUT2D eigenvalue weighted by Gasteiger charge is 2.24. The van der Waals surface area contributed by atoms with Crippen molar-refractivity contribution in [2.45, 2.75) is 19.1 Å². The van der Waals surface area contributed by atoms with Crippen molar-refractivity contribution < 1.29 is 9.53 Å². The van der Waals surface area contributed by atoms with E-state index in [4.69, 9.17) is 4.74 Å². The van der Waals surface area contributed by atoms with E-state index in [2.05, 4.69) is 22.4 Å². The summed E-state index contributed by atoms with van der Waals surface area (Å²) in [5, 5.41) is 2.96. The van der Waals surface area contributed by atoms with Crippen LogP contribution in [0.4, 0.5) is 4.79 Å². The molecule has 1 fully saturated rings. The summed E-state index contributed by atoms with van der Waals surface area (Å²) in [7, 11) is 0. The Hall–Kier alpha value is -2.34. The molecule has 0 spiro atoms. The third-order valence-corrected chi connectivity index (χ3v) is 3.94. The number of amides is 2. The zero-order valence-electron chi connectivity index (χ0n) is 13.1.